The SMILES string of the molecule is CCC(C)C(N)C(=O)NCC(Cc1ccccc1OC)C(=O)OC. The molecular weight excluding hydrogens is 308 g/mol. The van der Waals surface area contributed by atoms with Crippen molar-refractivity contribution in [2.24, 2.45) is 17.6 Å². The summed E-state index contributed by atoms with van der Waals surface area (Å²) in [4.78, 5) is 24.2. The van der Waals surface area contributed by atoms with Crippen molar-refractivity contribution in [2.45, 2.75) is 32.7 Å². The first kappa shape index (κ1) is 20.0. The molecule has 0 saturated carbocycles. The minimum atomic E-state index is -0.584. The molecule has 0 radical (unpaired) electrons. The van der Waals surface area contributed by atoms with Crippen molar-refractivity contribution in [3.05, 3.63) is 29.8 Å². The largest absolute Gasteiger partial charge is 0.496 e. The second-order valence-corrected chi connectivity index (χ2v) is 5.89. The number of rotatable bonds is 9. The molecule has 1 aromatic carbocycles. The van der Waals surface area contributed by atoms with Crippen molar-refractivity contribution in [3.8, 4) is 5.75 Å². The van der Waals surface area contributed by atoms with E-state index >= 15 is 0 Å². The van der Waals surface area contributed by atoms with Crippen molar-refractivity contribution >= 4 is 11.9 Å². The Hall–Kier alpha value is -2.08. The summed E-state index contributed by atoms with van der Waals surface area (Å²) in [6, 6.07) is 6.88. The van der Waals surface area contributed by atoms with E-state index in [1.54, 1.807) is 7.11 Å². The lowest BCUT2D eigenvalue weighted by Crippen LogP contribution is -2.47. The molecule has 0 aliphatic heterocycles. The zero-order valence-electron chi connectivity index (χ0n) is 14.9. The normalized spacial score (nSPS) is 14.4. The first-order chi connectivity index (χ1) is 11.4. The Labute approximate surface area is 143 Å². The molecule has 0 aliphatic carbocycles. The summed E-state index contributed by atoms with van der Waals surface area (Å²) in [5.74, 6) is -0.346. The van der Waals surface area contributed by atoms with Crippen LogP contribution in [0.3, 0.4) is 0 Å². The number of benzene rings is 1. The van der Waals surface area contributed by atoms with E-state index in [-0.39, 0.29) is 24.3 Å². The van der Waals surface area contributed by atoms with E-state index in [1.165, 1.54) is 7.11 Å². The van der Waals surface area contributed by atoms with Gasteiger partial charge in [0.05, 0.1) is 26.2 Å². The summed E-state index contributed by atoms with van der Waals surface area (Å²) in [5.41, 5.74) is 6.80. The predicted octanol–water partition coefficient (Wildman–Crippen LogP) is 1.52. The van der Waals surface area contributed by atoms with Gasteiger partial charge in [-0.15, -0.1) is 0 Å². The second kappa shape index (κ2) is 9.93. The Balaban J connectivity index is 2.76. The highest BCUT2D eigenvalue weighted by Gasteiger charge is 2.25. The molecule has 6 heteroatoms. The molecule has 3 N–H and O–H groups in total. The number of methoxy groups -OCH3 is 2. The Morgan fingerprint density at radius 2 is 1.92 bits per heavy atom. The third-order valence-electron chi connectivity index (χ3n) is 4.28. The Morgan fingerprint density at radius 3 is 2.50 bits per heavy atom. The van der Waals surface area contributed by atoms with Crippen LogP contribution in [0.1, 0.15) is 25.8 Å². The van der Waals surface area contributed by atoms with E-state index in [0.29, 0.717) is 12.2 Å². The van der Waals surface area contributed by atoms with Crippen LogP contribution in [0.15, 0.2) is 24.3 Å². The summed E-state index contributed by atoms with van der Waals surface area (Å²) in [5, 5.41) is 2.77. The average Bonchev–Trinajstić information content (AvgIpc) is 2.62. The molecule has 0 bridgehead atoms. The van der Waals surface area contributed by atoms with Gasteiger partial charge in [-0.05, 0) is 24.0 Å². The fraction of sp³-hybridized carbons (Fsp3) is 0.556. The third kappa shape index (κ3) is 5.53. The number of hydrogen-bond acceptors (Lipinski definition) is 5. The quantitative estimate of drug-likeness (QED) is 0.667. The van der Waals surface area contributed by atoms with Gasteiger partial charge < -0.3 is 20.5 Å². The van der Waals surface area contributed by atoms with Gasteiger partial charge in [-0.3, -0.25) is 9.59 Å². The van der Waals surface area contributed by atoms with E-state index in [0.717, 1.165) is 12.0 Å². The van der Waals surface area contributed by atoms with Crippen LogP contribution >= 0.6 is 0 Å². The van der Waals surface area contributed by atoms with Crippen LogP contribution < -0.4 is 15.8 Å². The lowest BCUT2D eigenvalue weighted by Gasteiger charge is -2.21. The molecule has 0 spiro atoms. The second-order valence-electron chi connectivity index (χ2n) is 5.89. The third-order valence-corrected chi connectivity index (χ3v) is 4.28. The van der Waals surface area contributed by atoms with Crippen LogP contribution in [0.4, 0.5) is 0 Å². The Morgan fingerprint density at radius 1 is 1.25 bits per heavy atom. The fourth-order valence-corrected chi connectivity index (χ4v) is 2.40. The topological polar surface area (TPSA) is 90.7 Å². The van der Waals surface area contributed by atoms with Crippen LogP contribution in [0.25, 0.3) is 0 Å². The number of hydrogen-bond donors (Lipinski definition) is 2. The van der Waals surface area contributed by atoms with Crippen LogP contribution in [-0.4, -0.2) is 38.7 Å². The average molecular weight is 336 g/mol. The van der Waals surface area contributed by atoms with Gasteiger partial charge in [0.15, 0.2) is 0 Å². The lowest BCUT2D eigenvalue weighted by molar-refractivity contribution is -0.145. The lowest BCUT2D eigenvalue weighted by atomic mass is 9.97. The van der Waals surface area contributed by atoms with Crippen molar-refractivity contribution in [1.29, 1.82) is 0 Å². The number of esters is 1. The first-order valence-corrected chi connectivity index (χ1v) is 8.17. The molecule has 1 rings (SSSR count). The first-order valence-electron chi connectivity index (χ1n) is 8.17. The summed E-state index contributed by atoms with van der Waals surface area (Å²) < 4.78 is 10.2. The fourth-order valence-electron chi connectivity index (χ4n) is 2.40. The molecule has 3 unspecified atom stereocenters. The van der Waals surface area contributed by atoms with Gasteiger partial charge in [0, 0.05) is 6.54 Å². The highest BCUT2D eigenvalue weighted by molar-refractivity contribution is 5.82. The van der Waals surface area contributed by atoms with E-state index in [4.69, 9.17) is 15.2 Å². The number of nitrogens with two attached hydrogens (primary N) is 1. The van der Waals surface area contributed by atoms with Crippen molar-refractivity contribution in [3.63, 3.8) is 0 Å². The van der Waals surface area contributed by atoms with Gasteiger partial charge in [0.1, 0.15) is 5.75 Å². The number of carbonyl (C=O) groups is 2. The van der Waals surface area contributed by atoms with Crippen molar-refractivity contribution in [1.82, 2.24) is 5.32 Å². The van der Waals surface area contributed by atoms with Gasteiger partial charge in [-0.25, -0.2) is 0 Å². The monoisotopic (exact) mass is 336 g/mol. The molecule has 0 aliphatic rings. The zero-order valence-corrected chi connectivity index (χ0v) is 14.9. The number of ether oxygens (including phenoxy) is 2. The number of amides is 1. The highest BCUT2D eigenvalue weighted by Crippen LogP contribution is 2.21. The van der Waals surface area contributed by atoms with Crippen LogP contribution in [-0.2, 0) is 20.7 Å². The van der Waals surface area contributed by atoms with E-state index in [9.17, 15) is 9.59 Å². The van der Waals surface area contributed by atoms with Crippen molar-refractivity contribution < 1.29 is 19.1 Å². The van der Waals surface area contributed by atoms with Gasteiger partial charge in [-0.1, -0.05) is 38.5 Å². The summed E-state index contributed by atoms with van der Waals surface area (Å²) in [7, 11) is 2.92. The van der Waals surface area contributed by atoms with E-state index in [2.05, 4.69) is 5.32 Å². The zero-order chi connectivity index (χ0) is 18.1. The van der Waals surface area contributed by atoms with Gasteiger partial charge in [0.2, 0.25) is 5.91 Å². The maximum Gasteiger partial charge on any atom is 0.310 e. The van der Waals surface area contributed by atoms with E-state index in [1.807, 2.05) is 38.1 Å². The molecule has 0 heterocycles. The summed E-state index contributed by atoms with van der Waals surface area (Å²) >= 11 is 0. The standard InChI is InChI=1S/C18H28N2O4/c1-5-12(2)16(19)17(21)20-11-14(18(22)24-4)10-13-8-6-7-9-15(13)23-3/h6-9,12,14,16H,5,10-11,19H2,1-4H3,(H,20,21). The molecular formula is C18H28N2O4. The molecule has 134 valence electrons. The maximum absolute atomic E-state index is 12.1. The predicted molar refractivity (Wildman–Crippen MR) is 92.6 cm³/mol. The number of nitrogens with one attached hydrogen (secondary N) is 1. The van der Waals surface area contributed by atoms with Gasteiger partial charge in [0.25, 0.3) is 0 Å². The van der Waals surface area contributed by atoms with E-state index < -0.39 is 12.0 Å². The molecule has 1 amide bonds. The molecule has 0 fully saturated rings. The number of carbonyl (C=O) groups excluding carboxylic acids is 2. The summed E-state index contributed by atoms with van der Waals surface area (Å²) in [6.07, 6.45) is 1.23. The Bertz CT molecular complexity index is 548. The molecule has 1 aromatic rings. The molecule has 0 aromatic heterocycles. The minimum Gasteiger partial charge on any atom is -0.496 e. The van der Waals surface area contributed by atoms with Crippen LogP contribution in [0, 0.1) is 11.8 Å². The minimum absolute atomic E-state index is 0.0794. The molecule has 0 saturated heterocycles. The van der Waals surface area contributed by atoms with Crippen molar-refractivity contribution in [2.75, 3.05) is 20.8 Å². The van der Waals surface area contributed by atoms with Crippen LogP contribution in [0.5, 0.6) is 5.75 Å². The number of para-hydroxylation sites is 1. The Kier molecular flexibility index (Phi) is 8.26. The summed E-state index contributed by atoms with van der Waals surface area (Å²) in [6.45, 7) is 4.08. The highest BCUT2D eigenvalue weighted by atomic mass is 16.5. The molecule has 24 heavy (non-hydrogen) atoms. The maximum atomic E-state index is 12.1. The van der Waals surface area contributed by atoms with Crippen LogP contribution in [0.2, 0.25) is 0 Å². The molecule has 3 atom stereocenters. The van der Waals surface area contributed by atoms with Gasteiger partial charge >= 0.3 is 5.97 Å². The molecule has 6 nitrogen and oxygen atoms in total. The van der Waals surface area contributed by atoms with Gasteiger partial charge in [-0.2, -0.15) is 0 Å². The smallest absolute Gasteiger partial charge is 0.310 e.